The van der Waals surface area contributed by atoms with Crippen LogP contribution in [0.4, 0.5) is 5.82 Å². The first-order valence-electron chi connectivity index (χ1n) is 9.79. The summed E-state index contributed by atoms with van der Waals surface area (Å²) < 4.78 is 27.8. The maximum atomic E-state index is 12.8. The van der Waals surface area contributed by atoms with Crippen LogP contribution in [-0.4, -0.2) is 55.8 Å². The maximum absolute atomic E-state index is 12.8. The molecule has 2 aromatic heterocycles. The molecule has 3 heterocycles. The van der Waals surface area contributed by atoms with Gasteiger partial charge in [-0.15, -0.1) is 0 Å². The third kappa shape index (κ3) is 3.00. The van der Waals surface area contributed by atoms with E-state index in [9.17, 15) is 4.21 Å². The summed E-state index contributed by atoms with van der Waals surface area (Å²) in [6.07, 6.45) is 4.67. The van der Waals surface area contributed by atoms with Gasteiger partial charge in [0, 0.05) is 18.9 Å². The van der Waals surface area contributed by atoms with E-state index in [1.807, 2.05) is 34.9 Å². The van der Waals surface area contributed by atoms with Gasteiger partial charge in [0.1, 0.15) is 12.1 Å². The molecule has 1 aliphatic carbocycles. The Morgan fingerprint density at radius 1 is 1.28 bits per heavy atom. The summed E-state index contributed by atoms with van der Waals surface area (Å²) in [5.41, 5.74) is 2.47. The van der Waals surface area contributed by atoms with Crippen molar-refractivity contribution in [2.75, 3.05) is 30.9 Å². The molecule has 0 spiro atoms. The van der Waals surface area contributed by atoms with Crippen LogP contribution in [0.5, 0.6) is 0 Å². The van der Waals surface area contributed by atoms with Crippen molar-refractivity contribution >= 4 is 26.6 Å². The van der Waals surface area contributed by atoms with Crippen molar-refractivity contribution in [1.82, 2.24) is 19.5 Å². The Bertz CT molecular complexity index is 1180. The number of hydrogen-bond donors (Lipinski definition) is 1. The minimum absolute atomic E-state index is 0.177. The number of nitrogens with zero attached hydrogens (tertiary/aromatic N) is 5. The van der Waals surface area contributed by atoms with Crippen LogP contribution in [0.3, 0.4) is 0 Å². The average Bonchev–Trinajstić information content (AvgIpc) is 3.42. The molecule has 0 bridgehead atoms. The highest BCUT2D eigenvalue weighted by Gasteiger charge is 2.53. The molecular formula is C20H24N6O2S. The number of benzene rings is 1. The Labute approximate surface area is 169 Å². The molecule has 1 aromatic carbocycles. The first kappa shape index (κ1) is 18.5. The standard InChI is InChI=1S/C20H24N6O2S/c1-14-12-28-10-9-25(14)18-11-17(20(7-8-20)29(2,21)27)23-19(24-18)26-13-22-15-5-3-4-6-16(15)26/h3-6,11,13-14,21H,7-10,12H2,1-2H3/t14-,29?/m1/s1. The first-order valence-corrected chi connectivity index (χ1v) is 11.8. The van der Waals surface area contributed by atoms with E-state index >= 15 is 0 Å². The molecule has 0 radical (unpaired) electrons. The van der Waals surface area contributed by atoms with Gasteiger partial charge in [-0.1, -0.05) is 12.1 Å². The van der Waals surface area contributed by atoms with Gasteiger partial charge in [0.2, 0.25) is 5.95 Å². The zero-order valence-corrected chi connectivity index (χ0v) is 17.4. The fraction of sp³-hybridized carbons (Fsp3) is 0.450. The molecule has 1 saturated carbocycles. The van der Waals surface area contributed by atoms with Gasteiger partial charge >= 0.3 is 0 Å². The van der Waals surface area contributed by atoms with Crippen molar-refractivity contribution in [3.8, 4) is 5.95 Å². The van der Waals surface area contributed by atoms with E-state index in [1.165, 1.54) is 6.26 Å². The zero-order chi connectivity index (χ0) is 20.2. The molecule has 1 N–H and O–H groups in total. The van der Waals surface area contributed by atoms with Crippen LogP contribution in [0.2, 0.25) is 0 Å². The summed E-state index contributed by atoms with van der Waals surface area (Å²) in [7, 11) is -2.79. The molecule has 1 saturated heterocycles. The SMILES string of the molecule is C[C@@H]1COCCN1c1cc(C2(S(C)(=N)=O)CC2)nc(-n2cnc3ccccc32)n1. The molecule has 152 valence electrons. The highest BCUT2D eigenvalue weighted by molar-refractivity contribution is 7.92. The Morgan fingerprint density at radius 2 is 2.07 bits per heavy atom. The molecule has 8 nitrogen and oxygen atoms in total. The fourth-order valence-corrected chi connectivity index (χ4v) is 5.44. The van der Waals surface area contributed by atoms with E-state index in [0.29, 0.717) is 37.7 Å². The van der Waals surface area contributed by atoms with Crippen LogP contribution in [0.25, 0.3) is 17.0 Å². The van der Waals surface area contributed by atoms with Crippen molar-refractivity contribution in [3.63, 3.8) is 0 Å². The van der Waals surface area contributed by atoms with Crippen LogP contribution in [0.15, 0.2) is 36.7 Å². The van der Waals surface area contributed by atoms with Gasteiger partial charge in [-0.05, 0) is 31.9 Å². The molecule has 29 heavy (non-hydrogen) atoms. The summed E-state index contributed by atoms with van der Waals surface area (Å²) in [5, 5.41) is 0. The van der Waals surface area contributed by atoms with E-state index in [0.717, 1.165) is 23.4 Å². The van der Waals surface area contributed by atoms with Crippen LogP contribution in [0.1, 0.15) is 25.5 Å². The third-order valence-corrected chi connectivity index (χ3v) is 8.06. The lowest BCUT2D eigenvalue weighted by molar-refractivity contribution is 0.0985. The molecule has 1 unspecified atom stereocenters. The summed E-state index contributed by atoms with van der Waals surface area (Å²) in [5.74, 6) is 1.29. The summed E-state index contributed by atoms with van der Waals surface area (Å²) >= 11 is 0. The number of ether oxygens (including phenoxy) is 1. The quantitative estimate of drug-likeness (QED) is 0.708. The molecule has 9 heteroatoms. The number of morpholine rings is 1. The first-order chi connectivity index (χ1) is 13.9. The average molecular weight is 413 g/mol. The summed E-state index contributed by atoms with van der Waals surface area (Å²) in [4.78, 5) is 16.3. The van der Waals surface area contributed by atoms with Crippen molar-refractivity contribution in [1.29, 1.82) is 4.78 Å². The summed E-state index contributed by atoms with van der Waals surface area (Å²) in [6.45, 7) is 4.11. The fourth-order valence-electron chi connectivity index (χ4n) is 4.06. The van der Waals surface area contributed by atoms with E-state index in [4.69, 9.17) is 19.5 Å². The summed E-state index contributed by atoms with van der Waals surface area (Å²) in [6, 6.07) is 9.94. The smallest absolute Gasteiger partial charge is 0.237 e. The number of hydrogen-bond acceptors (Lipinski definition) is 7. The number of rotatable bonds is 4. The number of anilines is 1. The van der Waals surface area contributed by atoms with Gasteiger partial charge in [0.25, 0.3) is 0 Å². The van der Waals surface area contributed by atoms with E-state index in [2.05, 4.69) is 16.8 Å². The van der Waals surface area contributed by atoms with Gasteiger partial charge < -0.3 is 9.64 Å². The molecule has 2 atom stereocenters. The molecule has 1 aliphatic heterocycles. The number of fused-ring (bicyclic) bond motifs is 1. The van der Waals surface area contributed by atoms with Crippen molar-refractivity contribution in [3.05, 3.63) is 42.4 Å². The molecule has 5 rings (SSSR count). The van der Waals surface area contributed by atoms with Gasteiger partial charge in [-0.2, -0.15) is 4.98 Å². The van der Waals surface area contributed by atoms with Crippen molar-refractivity contribution in [2.45, 2.75) is 30.6 Å². The number of para-hydroxylation sites is 2. The predicted molar refractivity (Wildman–Crippen MR) is 112 cm³/mol. The van der Waals surface area contributed by atoms with Gasteiger partial charge in [0.05, 0.1) is 50.5 Å². The Hall–Kier alpha value is -2.52. The lowest BCUT2D eigenvalue weighted by Gasteiger charge is -2.34. The molecule has 0 amide bonds. The third-order valence-electron chi connectivity index (χ3n) is 5.95. The van der Waals surface area contributed by atoms with Gasteiger partial charge in [-0.25, -0.2) is 14.2 Å². The topological polar surface area (TPSA) is 97.0 Å². The molecule has 2 fully saturated rings. The highest BCUT2D eigenvalue weighted by atomic mass is 32.2. The van der Waals surface area contributed by atoms with Crippen LogP contribution < -0.4 is 4.90 Å². The monoisotopic (exact) mass is 412 g/mol. The molecular weight excluding hydrogens is 388 g/mol. The number of aromatic nitrogens is 4. The minimum atomic E-state index is -2.79. The van der Waals surface area contributed by atoms with Crippen LogP contribution in [0, 0.1) is 4.78 Å². The van der Waals surface area contributed by atoms with E-state index < -0.39 is 14.5 Å². The largest absolute Gasteiger partial charge is 0.377 e. The van der Waals surface area contributed by atoms with Gasteiger partial charge in [0.15, 0.2) is 0 Å². The molecule has 3 aromatic rings. The van der Waals surface area contributed by atoms with Crippen LogP contribution >= 0.6 is 0 Å². The Morgan fingerprint density at radius 3 is 2.79 bits per heavy atom. The van der Waals surface area contributed by atoms with Crippen molar-refractivity contribution < 1.29 is 8.95 Å². The van der Waals surface area contributed by atoms with E-state index in [-0.39, 0.29) is 6.04 Å². The lowest BCUT2D eigenvalue weighted by atomic mass is 10.2. The number of imidazole rings is 1. The lowest BCUT2D eigenvalue weighted by Crippen LogP contribution is -2.44. The van der Waals surface area contributed by atoms with E-state index in [1.54, 1.807) is 6.33 Å². The van der Waals surface area contributed by atoms with Crippen molar-refractivity contribution in [2.24, 2.45) is 0 Å². The normalized spacial score (nSPS) is 23.1. The minimum Gasteiger partial charge on any atom is -0.377 e. The Kier molecular flexibility index (Phi) is 4.15. The maximum Gasteiger partial charge on any atom is 0.237 e. The van der Waals surface area contributed by atoms with Crippen LogP contribution in [-0.2, 0) is 19.2 Å². The second kappa shape index (κ2) is 6.50. The molecule has 2 aliphatic rings. The highest BCUT2D eigenvalue weighted by Crippen LogP contribution is 2.52. The second-order valence-electron chi connectivity index (χ2n) is 7.97. The predicted octanol–water partition coefficient (Wildman–Crippen LogP) is 2.71. The zero-order valence-electron chi connectivity index (χ0n) is 16.5. The second-order valence-corrected chi connectivity index (χ2v) is 10.4. The van der Waals surface area contributed by atoms with Gasteiger partial charge in [-0.3, -0.25) is 9.35 Å². The number of nitrogens with one attached hydrogen (secondary N) is 1. The Balaban J connectivity index is 1.71.